The van der Waals surface area contributed by atoms with E-state index in [0.29, 0.717) is 0 Å². The predicted molar refractivity (Wildman–Crippen MR) is 65.3 cm³/mol. The number of alkyl halides is 3. The first-order chi connectivity index (χ1) is 9.76. The van der Waals surface area contributed by atoms with Crippen LogP contribution in [0, 0.1) is 0 Å². The average Bonchev–Trinajstić information content (AvgIpc) is 2.42. The van der Waals surface area contributed by atoms with E-state index < -0.39 is 36.3 Å². The van der Waals surface area contributed by atoms with Crippen LogP contribution in [0.5, 0.6) is 0 Å². The Labute approximate surface area is 118 Å². The number of hydrogen-bond donors (Lipinski definition) is 4. The number of halogens is 3. The molecule has 1 aliphatic heterocycles. The lowest BCUT2D eigenvalue weighted by molar-refractivity contribution is -0.292. The third kappa shape index (κ3) is 3.43. The maximum atomic E-state index is 12.8. The van der Waals surface area contributed by atoms with Crippen LogP contribution in [0.3, 0.4) is 0 Å². The lowest BCUT2D eigenvalue weighted by atomic mass is 9.99. The second-order valence-electron chi connectivity index (χ2n) is 4.80. The van der Waals surface area contributed by atoms with Crippen LogP contribution >= 0.6 is 0 Å². The van der Waals surface area contributed by atoms with E-state index in [4.69, 9.17) is 9.84 Å². The van der Waals surface area contributed by atoms with Crippen molar-refractivity contribution >= 4 is 5.82 Å². The van der Waals surface area contributed by atoms with Gasteiger partial charge >= 0.3 is 6.18 Å². The van der Waals surface area contributed by atoms with Crippen molar-refractivity contribution < 1.29 is 33.2 Å². The predicted octanol–water partition coefficient (Wildman–Crippen LogP) is 0.343. The van der Waals surface area contributed by atoms with Gasteiger partial charge in [0.2, 0.25) is 5.79 Å². The van der Waals surface area contributed by atoms with E-state index >= 15 is 0 Å². The standard InChI is InChI=1S/C12H15F3N2O4/c13-12(14,15)8-2-1-3-16-10(8)17-7-4-9(19)11(20,6-18)21-5-7/h1-3,7,9,18-20H,4-6H2,(H,16,17)/t7-,9+,11+/m0/s1. The summed E-state index contributed by atoms with van der Waals surface area (Å²) in [4.78, 5) is 3.64. The molecule has 4 N–H and O–H groups in total. The minimum atomic E-state index is -4.56. The lowest BCUT2D eigenvalue weighted by Crippen LogP contribution is -2.56. The van der Waals surface area contributed by atoms with Crippen LogP contribution in [0.4, 0.5) is 19.0 Å². The van der Waals surface area contributed by atoms with E-state index in [9.17, 15) is 23.4 Å². The Kier molecular flexibility index (Phi) is 4.38. The molecule has 0 aromatic carbocycles. The SMILES string of the molecule is OC[C@@]1(O)OC[C@@H](Nc2ncccc2C(F)(F)F)C[C@H]1O. The molecule has 3 atom stereocenters. The van der Waals surface area contributed by atoms with Crippen molar-refractivity contribution in [2.75, 3.05) is 18.5 Å². The Morgan fingerprint density at radius 3 is 2.76 bits per heavy atom. The molecular formula is C12H15F3N2O4. The molecular weight excluding hydrogens is 293 g/mol. The Morgan fingerprint density at radius 1 is 1.48 bits per heavy atom. The summed E-state index contributed by atoms with van der Waals surface area (Å²) in [7, 11) is 0. The molecule has 1 aromatic rings. The molecule has 0 radical (unpaired) electrons. The molecule has 0 amide bonds. The Hall–Kier alpha value is -1.42. The average molecular weight is 308 g/mol. The maximum absolute atomic E-state index is 12.8. The van der Waals surface area contributed by atoms with Crippen LogP contribution in [-0.4, -0.2) is 51.5 Å². The highest BCUT2D eigenvalue weighted by molar-refractivity contribution is 5.46. The zero-order valence-corrected chi connectivity index (χ0v) is 10.8. The van der Waals surface area contributed by atoms with Gasteiger partial charge in [-0.1, -0.05) is 0 Å². The van der Waals surface area contributed by atoms with Crippen molar-refractivity contribution in [3.8, 4) is 0 Å². The third-order valence-electron chi connectivity index (χ3n) is 3.24. The summed E-state index contributed by atoms with van der Waals surface area (Å²) < 4.78 is 43.4. The number of nitrogens with zero attached hydrogens (tertiary/aromatic N) is 1. The number of anilines is 1. The number of ether oxygens (including phenoxy) is 1. The van der Waals surface area contributed by atoms with E-state index in [1.165, 1.54) is 12.3 Å². The highest BCUT2D eigenvalue weighted by Crippen LogP contribution is 2.34. The number of rotatable bonds is 3. The van der Waals surface area contributed by atoms with Crippen LogP contribution < -0.4 is 5.32 Å². The fourth-order valence-electron chi connectivity index (χ4n) is 2.06. The summed E-state index contributed by atoms with van der Waals surface area (Å²) in [5, 5.41) is 30.8. The van der Waals surface area contributed by atoms with Gasteiger partial charge in [-0.15, -0.1) is 0 Å². The van der Waals surface area contributed by atoms with Crippen LogP contribution in [0.2, 0.25) is 0 Å². The number of aliphatic hydroxyl groups is 3. The minimum Gasteiger partial charge on any atom is -0.391 e. The summed E-state index contributed by atoms with van der Waals surface area (Å²) in [6.45, 7) is -0.986. The molecule has 1 saturated heterocycles. The van der Waals surface area contributed by atoms with Crippen molar-refractivity contribution in [2.24, 2.45) is 0 Å². The van der Waals surface area contributed by atoms with E-state index in [-0.39, 0.29) is 18.8 Å². The van der Waals surface area contributed by atoms with E-state index in [0.717, 1.165) is 6.07 Å². The molecule has 0 spiro atoms. The summed E-state index contributed by atoms with van der Waals surface area (Å²) >= 11 is 0. The number of aliphatic hydroxyl groups excluding tert-OH is 2. The van der Waals surface area contributed by atoms with Gasteiger partial charge in [-0.05, 0) is 12.1 Å². The summed E-state index contributed by atoms with van der Waals surface area (Å²) in [6, 6.07) is 1.38. The summed E-state index contributed by atoms with van der Waals surface area (Å²) in [5.74, 6) is -2.46. The van der Waals surface area contributed by atoms with Crippen molar-refractivity contribution in [2.45, 2.75) is 30.5 Å². The van der Waals surface area contributed by atoms with Gasteiger partial charge in [0.25, 0.3) is 0 Å². The quantitative estimate of drug-likeness (QED) is 0.643. The van der Waals surface area contributed by atoms with E-state index in [1.54, 1.807) is 0 Å². The minimum absolute atomic E-state index is 0.0923. The first-order valence-corrected chi connectivity index (χ1v) is 6.20. The molecule has 2 rings (SSSR count). The van der Waals surface area contributed by atoms with Gasteiger partial charge in [0, 0.05) is 12.6 Å². The Balaban J connectivity index is 2.11. The van der Waals surface area contributed by atoms with Gasteiger partial charge in [0.1, 0.15) is 11.9 Å². The molecule has 0 saturated carbocycles. The molecule has 21 heavy (non-hydrogen) atoms. The van der Waals surface area contributed by atoms with Crippen molar-refractivity contribution in [3.63, 3.8) is 0 Å². The number of pyridine rings is 1. The van der Waals surface area contributed by atoms with Crippen LogP contribution in [0.15, 0.2) is 18.3 Å². The molecule has 0 unspecified atom stereocenters. The second kappa shape index (κ2) is 5.76. The van der Waals surface area contributed by atoms with Crippen LogP contribution in [0.1, 0.15) is 12.0 Å². The van der Waals surface area contributed by atoms with E-state index in [2.05, 4.69) is 10.3 Å². The molecule has 1 fully saturated rings. The van der Waals surface area contributed by atoms with E-state index in [1.807, 2.05) is 0 Å². The van der Waals surface area contributed by atoms with Gasteiger partial charge in [-0.2, -0.15) is 13.2 Å². The molecule has 2 heterocycles. The zero-order valence-electron chi connectivity index (χ0n) is 10.8. The largest absolute Gasteiger partial charge is 0.419 e. The number of aromatic nitrogens is 1. The number of nitrogens with one attached hydrogen (secondary N) is 1. The van der Waals surface area contributed by atoms with Crippen molar-refractivity contribution in [1.29, 1.82) is 0 Å². The molecule has 1 aromatic heterocycles. The van der Waals surface area contributed by atoms with Crippen molar-refractivity contribution in [3.05, 3.63) is 23.9 Å². The fraction of sp³-hybridized carbons (Fsp3) is 0.583. The third-order valence-corrected chi connectivity index (χ3v) is 3.24. The molecule has 9 heteroatoms. The van der Waals surface area contributed by atoms with Gasteiger partial charge in [-0.25, -0.2) is 4.98 Å². The smallest absolute Gasteiger partial charge is 0.391 e. The molecule has 6 nitrogen and oxygen atoms in total. The van der Waals surface area contributed by atoms with Gasteiger partial charge in [0.15, 0.2) is 0 Å². The Morgan fingerprint density at radius 2 is 2.19 bits per heavy atom. The Bertz CT molecular complexity index is 500. The fourth-order valence-corrected chi connectivity index (χ4v) is 2.06. The maximum Gasteiger partial charge on any atom is 0.419 e. The monoisotopic (exact) mass is 308 g/mol. The molecule has 118 valence electrons. The normalized spacial score (nSPS) is 30.2. The zero-order chi connectivity index (χ0) is 15.7. The first-order valence-electron chi connectivity index (χ1n) is 6.20. The van der Waals surface area contributed by atoms with Crippen molar-refractivity contribution in [1.82, 2.24) is 4.98 Å². The lowest BCUT2D eigenvalue weighted by Gasteiger charge is -2.39. The van der Waals surface area contributed by atoms with Gasteiger partial charge in [-0.3, -0.25) is 0 Å². The molecule has 0 bridgehead atoms. The van der Waals surface area contributed by atoms with Gasteiger partial charge < -0.3 is 25.4 Å². The number of hydrogen-bond acceptors (Lipinski definition) is 6. The summed E-state index contributed by atoms with van der Waals surface area (Å²) in [5.41, 5.74) is -0.928. The van der Waals surface area contributed by atoms with Gasteiger partial charge in [0.05, 0.1) is 24.8 Å². The highest BCUT2D eigenvalue weighted by atomic mass is 19.4. The second-order valence-corrected chi connectivity index (χ2v) is 4.80. The van der Waals surface area contributed by atoms with Crippen LogP contribution in [0.25, 0.3) is 0 Å². The first kappa shape index (κ1) is 16.0. The highest BCUT2D eigenvalue weighted by Gasteiger charge is 2.43. The summed E-state index contributed by atoms with van der Waals surface area (Å²) in [6.07, 6.45) is -4.87. The topological polar surface area (TPSA) is 94.8 Å². The molecule has 1 aliphatic rings. The van der Waals surface area contributed by atoms with Crippen LogP contribution in [-0.2, 0) is 10.9 Å². The molecule has 0 aliphatic carbocycles.